The largest absolute Gasteiger partial charge is 0.460 e. The highest BCUT2D eigenvalue weighted by molar-refractivity contribution is 7.90. The summed E-state index contributed by atoms with van der Waals surface area (Å²) in [5.41, 5.74) is 4.18. The highest BCUT2D eigenvalue weighted by atomic mass is 32.2. The van der Waals surface area contributed by atoms with E-state index in [1.54, 1.807) is 24.3 Å². The smallest absolute Gasteiger partial charge is 0.338 e. The molecule has 0 aromatic heterocycles. The molecular weight excluding hydrogens is 440 g/mol. The second-order valence-electron chi connectivity index (χ2n) is 8.01. The van der Waals surface area contributed by atoms with Gasteiger partial charge in [0, 0.05) is 18.8 Å². The number of rotatable bonds is 6. The average Bonchev–Trinajstić information content (AvgIpc) is 3.32. The van der Waals surface area contributed by atoms with Gasteiger partial charge in [-0.05, 0) is 47.9 Å². The van der Waals surface area contributed by atoms with Crippen molar-refractivity contribution in [1.82, 2.24) is 4.31 Å². The summed E-state index contributed by atoms with van der Waals surface area (Å²) in [4.78, 5) is 27.1. The number of amides is 1. The first kappa shape index (κ1) is 21.2. The molecule has 2 aliphatic heterocycles. The Bertz CT molecular complexity index is 1330. The number of sulfonamides is 1. The molecule has 0 bridgehead atoms. The second kappa shape index (κ2) is 8.37. The molecule has 2 aliphatic rings. The summed E-state index contributed by atoms with van der Waals surface area (Å²) in [6.45, 7) is 1.27. The molecule has 3 aromatic rings. The summed E-state index contributed by atoms with van der Waals surface area (Å²) >= 11 is 0. The fourth-order valence-corrected chi connectivity index (χ4v) is 5.85. The van der Waals surface area contributed by atoms with Crippen LogP contribution in [0, 0.1) is 0 Å². The van der Waals surface area contributed by atoms with Crippen LogP contribution in [0.1, 0.15) is 31.8 Å². The van der Waals surface area contributed by atoms with Crippen molar-refractivity contribution in [2.75, 3.05) is 24.6 Å². The van der Waals surface area contributed by atoms with E-state index in [1.807, 2.05) is 18.2 Å². The van der Waals surface area contributed by atoms with Crippen molar-refractivity contribution in [2.24, 2.45) is 0 Å². The predicted molar refractivity (Wildman–Crippen MR) is 123 cm³/mol. The van der Waals surface area contributed by atoms with E-state index in [0.29, 0.717) is 5.56 Å². The van der Waals surface area contributed by atoms with Gasteiger partial charge in [0.15, 0.2) is 0 Å². The van der Waals surface area contributed by atoms with Crippen LogP contribution < -0.4 is 4.90 Å². The maximum Gasteiger partial charge on any atom is 0.338 e. The number of benzene rings is 3. The van der Waals surface area contributed by atoms with Crippen LogP contribution in [0.5, 0.6) is 0 Å². The Morgan fingerprint density at radius 1 is 0.939 bits per heavy atom. The highest BCUT2D eigenvalue weighted by Crippen LogP contribution is 2.30. The minimum atomic E-state index is -3.91. The lowest BCUT2D eigenvalue weighted by Crippen LogP contribution is -2.33. The SMILES string of the molecule is O=C(OCCN1C(=O)c2ccccc2S1(=O)=O)c1ccc(CN2CCc3ccccc32)cc1. The number of para-hydroxylation sites is 1. The molecule has 8 heteroatoms. The number of fused-ring (bicyclic) bond motifs is 2. The third-order valence-corrected chi connectivity index (χ3v) is 7.83. The Morgan fingerprint density at radius 2 is 1.67 bits per heavy atom. The van der Waals surface area contributed by atoms with Crippen molar-refractivity contribution in [3.05, 3.63) is 95.1 Å². The van der Waals surface area contributed by atoms with Gasteiger partial charge >= 0.3 is 5.97 Å². The van der Waals surface area contributed by atoms with E-state index in [0.717, 1.165) is 29.4 Å². The van der Waals surface area contributed by atoms with Gasteiger partial charge in [0.1, 0.15) is 11.5 Å². The molecule has 0 unspecified atom stereocenters. The molecular formula is C25H22N2O5S. The highest BCUT2D eigenvalue weighted by Gasteiger charge is 2.40. The van der Waals surface area contributed by atoms with Gasteiger partial charge < -0.3 is 9.64 Å². The minimum Gasteiger partial charge on any atom is -0.460 e. The van der Waals surface area contributed by atoms with Crippen molar-refractivity contribution >= 4 is 27.6 Å². The molecule has 0 fully saturated rings. The fraction of sp³-hybridized carbons (Fsp3) is 0.200. The molecule has 0 atom stereocenters. The molecule has 2 heterocycles. The first-order chi connectivity index (χ1) is 15.9. The van der Waals surface area contributed by atoms with Gasteiger partial charge in [0.05, 0.1) is 17.7 Å². The third-order valence-electron chi connectivity index (χ3n) is 5.99. The first-order valence-corrected chi connectivity index (χ1v) is 12.1. The number of nitrogens with zero attached hydrogens (tertiary/aromatic N) is 2. The van der Waals surface area contributed by atoms with E-state index in [2.05, 4.69) is 23.1 Å². The van der Waals surface area contributed by atoms with E-state index in [4.69, 9.17) is 4.74 Å². The van der Waals surface area contributed by atoms with Gasteiger partial charge in [0.25, 0.3) is 15.9 Å². The number of hydrogen-bond donors (Lipinski definition) is 0. The van der Waals surface area contributed by atoms with Crippen molar-refractivity contribution in [3.63, 3.8) is 0 Å². The first-order valence-electron chi connectivity index (χ1n) is 10.7. The lowest BCUT2D eigenvalue weighted by Gasteiger charge is -2.19. The number of carbonyl (C=O) groups is 2. The average molecular weight is 463 g/mol. The van der Waals surface area contributed by atoms with Crippen LogP contribution in [-0.2, 0) is 27.7 Å². The summed E-state index contributed by atoms with van der Waals surface area (Å²) < 4.78 is 31.1. The van der Waals surface area contributed by atoms with Crippen LogP contribution in [0.15, 0.2) is 77.7 Å². The maximum atomic E-state index is 12.6. The van der Waals surface area contributed by atoms with Crippen LogP contribution in [-0.4, -0.2) is 44.3 Å². The summed E-state index contributed by atoms with van der Waals surface area (Å²) in [5, 5.41) is 0. The number of ether oxygens (including phenoxy) is 1. The molecule has 33 heavy (non-hydrogen) atoms. The topological polar surface area (TPSA) is 84.0 Å². The van der Waals surface area contributed by atoms with Crippen LogP contribution in [0.25, 0.3) is 0 Å². The monoisotopic (exact) mass is 462 g/mol. The van der Waals surface area contributed by atoms with E-state index in [1.165, 1.54) is 23.4 Å². The zero-order valence-electron chi connectivity index (χ0n) is 17.8. The molecule has 7 nitrogen and oxygen atoms in total. The second-order valence-corrected chi connectivity index (χ2v) is 9.84. The molecule has 5 rings (SSSR count). The fourth-order valence-electron chi connectivity index (χ4n) is 4.29. The normalized spacial score (nSPS) is 15.9. The number of anilines is 1. The van der Waals surface area contributed by atoms with Gasteiger partial charge in [-0.15, -0.1) is 0 Å². The van der Waals surface area contributed by atoms with Crippen molar-refractivity contribution in [2.45, 2.75) is 17.9 Å². The van der Waals surface area contributed by atoms with Crippen molar-refractivity contribution in [3.8, 4) is 0 Å². The lowest BCUT2D eigenvalue weighted by atomic mass is 10.1. The molecule has 0 radical (unpaired) electrons. The van der Waals surface area contributed by atoms with Crippen LogP contribution in [0.2, 0.25) is 0 Å². The zero-order valence-corrected chi connectivity index (χ0v) is 18.6. The summed E-state index contributed by atoms with van der Waals surface area (Å²) in [6.07, 6.45) is 1.03. The molecule has 0 aliphatic carbocycles. The molecule has 1 amide bonds. The summed E-state index contributed by atoms with van der Waals surface area (Å²) in [7, 11) is -3.91. The summed E-state index contributed by atoms with van der Waals surface area (Å²) in [6, 6.07) is 21.6. The Hall–Kier alpha value is -3.65. The Kier molecular flexibility index (Phi) is 5.38. The summed E-state index contributed by atoms with van der Waals surface area (Å²) in [5.74, 6) is -1.16. The molecule has 168 valence electrons. The maximum absolute atomic E-state index is 12.6. The van der Waals surface area contributed by atoms with Crippen molar-refractivity contribution in [1.29, 1.82) is 0 Å². The standard InChI is InChI=1S/C25H22N2O5S/c28-24-21-6-2-4-8-23(21)33(30,31)27(24)15-16-32-25(29)20-11-9-18(10-12-20)17-26-14-13-19-5-1-3-7-22(19)26/h1-12H,13-17H2. The van der Waals surface area contributed by atoms with E-state index >= 15 is 0 Å². The molecule has 0 saturated heterocycles. The number of carbonyl (C=O) groups excluding carboxylic acids is 2. The van der Waals surface area contributed by atoms with Gasteiger partial charge in [-0.25, -0.2) is 17.5 Å². The Morgan fingerprint density at radius 3 is 2.45 bits per heavy atom. The predicted octanol–water partition coefficient (Wildman–Crippen LogP) is 3.25. The van der Waals surface area contributed by atoms with Crippen LogP contribution in [0.4, 0.5) is 5.69 Å². The van der Waals surface area contributed by atoms with Crippen LogP contribution >= 0.6 is 0 Å². The number of esters is 1. The Balaban J connectivity index is 1.17. The molecule has 3 aromatic carbocycles. The van der Waals surface area contributed by atoms with Crippen molar-refractivity contribution < 1.29 is 22.7 Å². The van der Waals surface area contributed by atoms with Gasteiger partial charge in [-0.2, -0.15) is 0 Å². The molecule has 0 spiro atoms. The number of hydrogen-bond acceptors (Lipinski definition) is 6. The van der Waals surface area contributed by atoms with Gasteiger partial charge in [0.2, 0.25) is 0 Å². The lowest BCUT2D eigenvalue weighted by molar-refractivity contribution is 0.0477. The van der Waals surface area contributed by atoms with E-state index < -0.39 is 21.9 Å². The molecule has 0 saturated carbocycles. The third kappa shape index (κ3) is 3.87. The van der Waals surface area contributed by atoms with Crippen LogP contribution in [0.3, 0.4) is 0 Å². The van der Waals surface area contributed by atoms with E-state index in [9.17, 15) is 18.0 Å². The molecule has 0 N–H and O–H groups in total. The van der Waals surface area contributed by atoms with Gasteiger partial charge in [-0.1, -0.05) is 42.5 Å². The quantitative estimate of drug-likeness (QED) is 0.523. The van der Waals surface area contributed by atoms with E-state index in [-0.39, 0.29) is 23.6 Å². The van der Waals surface area contributed by atoms with Gasteiger partial charge in [-0.3, -0.25) is 4.79 Å². The Labute approximate surface area is 192 Å². The minimum absolute atomic E-state index is 0.0162. The zero-order chi connectivity index (χ0) is 23.0.